The lowest BCUT2D eigenvalue weighted by atomic mass is 10.1. The third-order valence-electron chi connectivity index (χ3n) is 2.15. The Kier molecular flexibility index (Phi) is 4.51. The average Bonchev–Trinajstić information content (AvgIpc) is 2.34. The van der Waals surface area contributed by atoms with Crippen LogP contribution in [0.2, 0.25) is 0 Å². The van der Waals surface area contributed by atoms with Gasteiger partial charge in [0.2, 0.25) is 0 Å². The summed E-state index contributed by atoms with van der Waals surface area (Å²) in [5.41, 5.74) is 0.505. The zero-order chi connectivity index (χ0) is 12.8. The van der Waals surface area contributed by atoms with Crippen molar-refractivity contribution in [1.82, 2.24) is 0 Å². The van der Waals surface area contributed by atoms with Gasteiger partial charge in [0.25, 0.3) is 0 Å². The van der Waals surface area contributed by atoms with Crippen LogP contribution >= 0.6 is 0 Å². The number of hydrogen-bond donors (Lipinski definition) is 0. The standard InChI is InChI=1S/C12H14O5/c1-3-9(13)8-4-5-10(11(6-8)16-2)17-7-12(14)15/h4-6H,3,7H2,1-2H3,(H,14,15)/p-1. The van der Waals surface area contributed by atoms with Crippen molar-refractivity contribution in [2.24, 2.45) is 0 Å². The lowest BCUT2D eigenvalue weighted by Gasteiger charge is -2.11. The molecule has 1 aromatic rings. The number of carbonyl (C=O) groups is 2. The molecule has 0 saturated heterocycles. The maximum atomic E-state index is 11.5. The summed E-state index contributed by atoms with van der Waals surface area (Å²) >= 11 is 0. The van der Waals surface area contributed by atoms with Crippen molar-refractivity contribution in [1.29, 1.82) is 0 Å². The van der Waals surface area contributed by atoms with Crippen molar-refractivity contribution in [2.75, 3.05) is 13.7 Å². The molecule has 0 spiro atoms. The number of Topliss-reactive ketones (excluding diaryl/α,β-unsaturated/α-hetero) is 1. The number of benzene rings is 1. The van der Waals surface area contributed by atoms with Gasteiger partial charge in [-0.05, 0) is 18.2 Å². The minimum Gasteiger partial charge on any atom is -0.546 e. The van der Waals surface area contributed by atoms with Crippen LogP contribution in [0.15, 0.2) is 18.2 Å². The summed E-state index contributed by atoms with van der Waals surface area (Å²) in [5, 5.41) is 10.3. The molecule has 0 heterocycles. The van der Waals surface area contributed by atoms with Crippen LogP contribution in [-0.2, 0) is 4.79 Å². The molecule has 0 saturated carbocycles. The second-order valence-electron chi connectivity index (χ2n) is 3.30. The minimum absolute atomic E-state index is 0.0187. The van der Waals surface area contributed by atoms with E-state index in [1.807, 2.05) is 0 Å². The Bertz CT molecular complexity index is 425. The predicted octanol–water partition coefficient (Wildman–Crippen LogP) is 0.417. The highest BCUT2D eigenvalue weighted by atomic mass is 16.5. The number of ketones is 1. The molecule has 0 amide bonds. The Morgan fingerprint density at radius 3 is 2.53 bits per heavy atom. The largest absolute Gasteiger partial charge is 0.546 e. The van der Waals surface area contributed by atoms with Crippen LogP contribution in [0.4, 0.5) is 0 Å². The Morgan fingerprint density at radius 2 is 2.00 bits per heavy atom. The molecule has 5 nitrogen and oxygen atoms in total. The molecule has 5 heteroatoms. The van der Waals surface area contributed by atoms with Gasteiger partial charge in [-0.25, -0.2) is 0 Å². The zero-order valence-electron chi connectivity index (χ0n) is 9.69. The quantitative estimate of drug-likeness (QED) is 0.670. The fourth-order valence-electron chi connectivity index (χ4n) is 1.30. The number of carboxylic acids is 1. The number of carboxylic acid groups (broad SMARTS) is 1. The molecule has 0 aliphatic heterocycles. The van der Waals surface area contributed by atoms with E-state index in [0.717, 1.165) is 0 Å². The van der Waals surface area contributed by atoms with Crippen LogP contribution < -0.4 is 14.6 Å². The third kappa shape index (κ3) is 3.48. The van der Waals surface area contributed by atoms with Gasteiger partial charge in [-0.1, -0.05) is 6.92 Å². The maximum absolute atomic E-state index is 11.5. The Hall–Kier alpha value is -2.04. The first kappa shape index (κ1) is 13.0. The van der Waals surface area contributed by atoms with Gasteiger partial charge in [0.15, 0.2) is 17.3 Å². The number of aliphatic carboxylic acids is 1. The van der Waals surface area contributed by atoms with Gasteiger partial charge in [-0.3, -0.25) is 4.79 Å². The number of hydrogen-bond acceptors (Lipinski definition) is 5. The van der Waals surface area contributed by atoms with Gasteiger partial charge in [0, 0.05) is 12.0 Å². The predicted molar refractivity (Wildman–Crippen MR) is 58.1 cm³/mol. The lowest BCUT2D eigenvalue weighted by molar-refractivity contribution is -0.307. The Morgan fingerprint density at radius 1 is 1.29 bits per heavy atom. The van der Waals surface area contributed by atoms with E-state index in [2.05, 4.69) is 0 Å². The normalized spacial score (nSPS) is 9.76. The highest BCUT2D eigenvalue weighted by Gasteiger charge is 2.09. The summed E-state index contributed by atoms with van der Waals surface area (Å²) in [6.07, 6.45) is 0.391. The molecule has 0 bridgehead atoms. The number of ether oxygens (including phenoxy) is 2. The fourth-order valence-corrected chi connectivity index (χ4v) is 1.30. The number of rotatable bonds is 6. The summed E-state index contributed by atoms with van der Waals surface area (Å²) in [4.78, 5) is 21.7. The molecule has 0 aliphatic carbocycles. The van der Waals surface area contributed by atoms with E-state index in [1.54, 1.807) is 13.0 Å². The molecule has 0 N–H and O–H groups in total. The summed E-state index contributed by atoms with van der Waals surface area (Å²) in [7, 11) is 1.42. The summed E-state index contributed by atoms with van der Waals surface area (Å²) in [6, 6.07) is 4.60. The molecule has 0 unspecified atom stereocenters. The van der Waals surface area contributed by atoms with Crippen LogP contribution in [-0.4, -0.2) is 25.5 Å². The molecule has 1 rings (SSSR count). The number of methoxy groups -OCH3 is 1. The van der Waals surface area contributed by atoms with Crippen molar-refractivity contribution in [3.05, 3.63) is 23.8 Å². The molecular formula is C12H13O5-. The first-order valence-corrected chi connectivity index (χ1v) is 5.12. The second-order valence-corrected chi connectivity index (χ2v) is 3.30. The Labute approximate surface area is 99.0 Å². The van der Waals surface area contributed by atoms with E-state index in [-0.39, 0.29) is 11.5 Å². The van der Waals surface area contributed by atoms with Crippen molar-refractivity contribution >= 4 is 11.8 Å². The van der Waals surface area contributed by atoms with Crippen LogP contribution in [0, 0.1) is 0 Å². The second kappa shape index (κ2) is 5.89. The smallest absolute Gasteiger partial charge is 0.162 e. The van der Waals surface area contributed by atoms with E-state index in [1.165, 1.54) is 19.2 Å². The average molecular weight is 237 g/mol. The Balaban J connectivity index is 2.93. The van der Waals surface area contributed by atoms with E-state index in [4.69, 9.17) is 9.47 Å². The van der Waals surface area contributed by atoms with Crippen LogP contribution in [0.1, 0.15) is 23.7 Å². The maximum Gasteiger partial charge on any atom is 0.162 e. The van der Waals surface area contributed by atoms with Gasteiger partial charge in [-0.2, -0.15) is 0 Å². The highest BCUT2D eigenvalue weighted by molar-refractivity contribution is 5.96. The van der Waals surface area contributed by atoms with Crippen molar-refractivity contribution in [2.45, 2.75) is 13.3 Å². The van der Waals surface area contributed by atoms with Gasteiger partial charge >= 0.3 is 0 Å². The monoisotopic (exact) mass is 237 g/mol. The molecule has 0 aromatic heterocycles. The third-order valence-corrected chi connectivity index (χ3v) is 2.15. The zero-order valence-corrected chi connectivity index (χ0v) is 9.69. The van der Waals surface area contributed by atoms with Crippen LogP contribution in [0.5, 0.6) is 11.5 Å². The summed E-state index contributed by atoms with van der Waals surface area (Å²) < 4.78 is 9.98. The molecule has 0 fully saturated rings. The molecule has 92 valence electrons. The SMILES string of the molecule is CCC(=O)c1ccc(OCC(=O)[O-])c(OC)c1. The molecule has 17 heavy (non-hydrogen) atoms. The first-order chi connectivity index (χ1) is 8.08. The first-order valence-electron chi connectivity index (χ1n) is 5.12. The van der Waals surface area contributed by atoms with Crippen LogP contribution in [0.3, 0.4) is 0 Å². The highest BCUT2D eigenvalue weighted by Crippen LogP contribution is 2.28. The summed E-state index contributed by atoms with van der Waals surface area (Å²) in [5.74, 6) is -0.745. The van der Waals surface area contributed by atoms with Crippen molar-refractivity contribution < 1.29 is 24.2 Å². The van der Waals surface area contributed by atoms with E-state index < -0.39 is 12.6 Å². The summed E-state index contributed by atoms with van der Waals surface area (Å²) in [6.45, 7) is 1.20. The van der Waals surface area contributed by atoms with E-state index in [9.17, 15) is 14.7 Å². The topological polar surface area (TPSA) is 75.7 Å². The molecular weight excluding hydrogens is 224 g/mol. The molecule has 0 radical (unpaired) electrons. The van der Waals surface area contributed by atoms with Crippen molar-refractivity contribution in [3.8, 4) is 11.5 Å². The van der Waals surface area contributed by atoms with Crippen LogP contribution in [0.25, 0.3) is 0 Å². The van der Waals surface area contributed by atoms with E-state index in [0.29, 0.717) is 17.7 Å². The van der Waals surface area contributed by atoms with Gasteiger partial charge in [0.05, 0.1) is 13.1 Å². The van der Waals surface area contributed by atoms with E-state index >= 15 is 0 Å². The number of carbonyl (C=O) groups excluding carboxylic acids is 2. The molecule has 1 aromatic carbocycles. The lowest BCUT2D eigenvalue weighted by Crippen LogP contribution is -2.29. The van der Waals surface area contributed by atoms with Gasteiger partial charge < -0.3 is 19.4 Å². The minimum atomic E-state index is -1.32. The molecule has 0 atom stereocenters. The fraction of sp³-hybridized carbons (Fsp3) is 0.333. The molecule has 0 aliphatic rings. The van der Waals surface area contributed by atoms with Gasteiger partial charge in [0.1, 0.15) is 6.61 Å². The van der Waals surface area contributed by atoms with Gasteiger partial charge in [-0.15, -0.1) is 0 Å². The van der Waals surface area contributed by atoms with Crippen molar-refractivity contribution in [3.63, 3.8) is 0 Å².